The van der Waals surface area contributed by atoms with Crippen LogP contribution in [0.5, 0.6) is 0 Å². The number of esters is 1. The number of allylic oxidation sites excluding steroid dienone is 2. The molecule has 1 rings (SSSR count). The highest BCUT2D eigenvalue weighted by Crippen LogP contribution is 2.20. The van der Waals surface area contributed by atoms with Crippen molar-refractivity contribution in [3.8, 4) is 0 Å². The van der Waals surface area contributed by atoms with Gasteiger partial charge in [0, 0.05) is 13.0 Å². The molecule has 0 aromatic heterocycles. The molecule has 1 saturated heterocycles. The van der Waals surface area contributed by atoms with Crippen LogP contribution in [0.25, 0.3) is 0 Å². The van der Waals surface area contributed by atoms with Gasteiger partial charge >= 0.3 is 5.97 Å². The Bertz CT molecular complexity index is 392. The molecule has 0 spiro atoms. The Morgan fingerprint density at radius 2 is 1.74 bits per heavy atom. The number of hydrogen-bond acceptors (Lipinski definition) is 3. The molecule has 4 heteroatoms. The van der Waals surface area contributed by atoms with Gasteiger partial charge in [-0.2, -0.15) is 0 Å². The van der Waals surface area contributed by atoms with E-state index in [9.17, 15) is 9.59 Å². The molecule has 23 heavy (non-hydrogen) atoms. The predicted molar refractivity (Wildman–Crippen MR) is 93.0 cm³/mol. The van der Waals surface area contributed by atoms with Crippen LogP contribution in [0.4, 0.5) is 0 Å². The molecule has 1 unspecified atom stereocenters. The minimum Gasteiger partial charge on any atom is -0.464 e. The zero-order chi connectivity index (χ0) is 16.9. The topological polar surface area (TPSA) is 46.6 Å². The van der Waals surface area contributed by atoms with Crippen LogP contribution in [0.2, 0.25) is 0 Å². The number of hydrogen-bond donors (Lipinski definition) is 0. The standard InChI is InChI=1S/C19H31NO3/c1-3-5-7-8-9-10-14-18(21)20-15-12-13-17(20)19(22)23-16-11-6-4-2/h3-4,17H,1-2,5-16H2. The van der Waals surface area contributed by atoms with Crippen molar-refractivity contribution in [2.75, 3.05) is 13.2 Å². The Morgan fingerprint density at radius 1 is 1.04 bits per heavy atom. The fraction of sp³-hybridized carbons (Fsp3) is 0.684. The number of ether oxygens (including phenoxy) is 1. The van der Waals surface area contributed by atoms with E-state index >= 15 is 0 Å². The van der Waals surface area contributed by atoms with Gasteiger partial charge in [-0.3, -0.25) is 4.79 Å². The molecule has 0 radical (unpaired) electrons. The number of rotatable bonds is 12. The molecule has 0 aromatic rings. The minimum atomic E-state index is -0.369. The highest BCUT2D eigenvalue weighted by Gasteiger charge is 2.34. The summed E-state index contributed by atoms with van der Waals surface area (Å²) in [6.45, 7) is 8.44. The first-order valence-electron chi connectivity index (χ1n) is 8.88. The van der Waals surface area contributed by atoms with Crippen LogP contribution in [0, 0.1) is 0 Å². The first-order valence-corrected chi connectivity index (χ1v) is 8.88. The van der Waals surface area contributed by atoms with E-state index in [2.05, 4.69) is 13.2 Å². The van der Waals surface area contributed by atoms with E-state index < -0.39 is 0 Å². The molecular weight excluding hydrogens is 290 g/mol. The van der Waals surface area contributed by atoms with Crippen molar-refractivity contribution in [1.82, 2.24) is 4.90 Å². The highest BCUT2D eigenvalue weighted by molar-refractivity contribution is 5.85. The van der Waals surface area contributed by atoms with Crippen molar-refractivity contribution < 1.29 is 14.3 Å². The molecule has 0 bridgehead atoms. The van der Waals surface area contributed by atoms with Gasteiger partial charge in [-0.1, -0.05) is 25.0 Å². The fourth-order valence-electron chi connectivity index (χ4n) is 2.87. The Hall–Kier alpha value is -1.58. The summed E-state index contributed by atoms with van der Waals surface area (Å²) in [5.41, 5.74) is 0. The third-order valence-corrected chi connectivity index (χ3v) is 4.19. The second-order valence-corrected chi connectivity index (χ2v) is 6.09. The first kappa shape index (κ1) is 19.5. The van der Waals surface area contributed by atoms with Crippen molar-refractivity contribution in [2.45, 2.75) is 70.3 Å². The van der Waals surface area contributed by atoms with Crippen molar-refractivity contribution in [3.05, 3.63) is 25.3 Å². The maximum absolute atomic E-state index is 12.3. The van der Waals surface area contributed by atoms with Crippen molar-refractivity contribution >= 4 is 11.9 Å². The van der Waals surface area contributed by atoms with Crippen LogP contribution in [0.1, 0.15) is 64.2 Å². The SMILES string of the molecule is C=CCCCCCCC(=O)N1CCCC1C(=O)OCCCC=C. The second kappa shape index (κ2) is 11.9. The van der Waals surface area contributed by atoms with Gasteiger partial charge in [-0.05, 0) is 44.9 Å². The molecule has 1 amide bonds. The zero-order valence-electron chi connectivity index (χ0n) is 14.3. The number of unbranched alkanes of at least 4 members (excludes halogenated alkanes) is 5. The average molecular weight is 321 g/mol. The van der Waals surface area contributed by atoms with Crippen LogP contribution in [0.15, 0.2) is 25.3 Å². The molecule has 130 valence electrons. The van der Waals surface area contributed by atoms with E-state index in [4.69, 9.17) is 4.74 Å². The Kier molecular flexibility index (Phi) is 10.1. The average Bonchev–Trinajstić information content (AvgIpc) is 3.04. The maximum Gasteiger partial charge on any atom is 0.328 e. The van der Waals surface area contributed by atoms with Crippen LogP contribution in [-0.2, 0) is 14.3 Å². The molecule has 0 N–H and O–H groups in total. The minimum absolute atomic E-state index is 0.0965. The monoisotopic (exact) mass is 321 g/mol. The largest absolute Gasteiger partial charge is 0.464 e. The fourth-order valence-corrected chi connectivity index (χ4v) is 2.87. The van der Waals surface area contributed by atoms with Crippen molar-refractivity contribution in [2.24, 2.45) is 0 Å². The third-order valence-electron chi connectivity index (χ3n) is 4.19. The van der Waals surface area contributed by atoms with Gasteiger partial charge in [0.15, 0.2) is 0 Å². The van der Waals surface area contributed by atoms with Gasteiger partial charge in [0.05, 0.1) is 6.61 Å². The highest BCUT2D eigenvalue weighted by atomic mass is 16.5. The van der Waals surface area contributed by atoms with Gasteiger partial charge in [0.1, 0.15) is 6.04 Å². The lowest BCUT2D eigenvalue weighted by atomic mass is 10.1. The van der Waals surface area contributed by atoms with Gasteiger partial charge in [-0.15, -0.1) is 13.2 Å². The number of amides is 1. The summed E-state index contributed by atoms with van der Waals surface area (Å²) in [7, 11) is 0. The molecule has 1 aliphatic heterocycles. The van der Waals surface area contributed by atoms with Crippen molar-refractivity contribution in [3.63, 3.8) is 0 Å². The van der Waals surface area contributed by atoms with E-state index in [1.54, 1.807) is 4.90 Å². The van der Waals surface area contributed by atoms with Crippen LogP contribution in [0.3, 0.4) is 0 Å². The lowest BCUT2D eigenvalue weighted by Gasteiger charge is -2.23. The van der Waals surface area contributed by atoms with E-state index in [-0.39, 0.29) is 17.9 Å². The van der Waals surface area contributed by atoms with Crippen molar-refractivity contribution in [1.29, 1.82) is 0 Å². The Morgan fingerprint density at radius 3 is 2.48 bits per heavy atom. The molecular formula is C19H31NO3. The molecule has 4 nitrogen and oxygen atoms in total. The van der Waals surface area contributed by atoms with Gasteiger partial charge in [0.25, 0.3) is 0 Å². The normalized spacial score (nSPS) is 17.0. The smallest absolute Gasteiger partial charge is 0.328 e. The van der Waals surface area contributed by atoms with Crippen LogP contribution >= 0.6 is 0 Å². The van der Waals surface area contributed by atoms with E-state index in [1.165, 1.54) is 0 Å². The third kappa shape index (κ3) is 7.49. The number of carbonyl (C=O) groups is 2. The van der Waals surface area contributed by atoms with Gasteiger partial charge in [-0.25, -0.2) is 4.79 Å². The zero-order valence-corrected chi connectivity index (χ0v) is 14.3. The lowest BCUT2D eigenvalue weighted by Crippen LogP contribution is -2.41. The number of carbonyl (C=O) groups excluding carboxylic acids is 2. The molecule has 1 aliphatic rings. The maximum atomic E-state index is 12.3. The molecule has 1 fully saturated rings. The molecule has 1 atom stereocenters. The summed E-state index contributed by atoms with van der Waals surface area (Å²) >= 11 is 0. The van der Waals surface area contributed by atoms with Gasteiger partial charge < -0.3 is 9.64 Å². The summed E-state index contributed by atoms with van der Waals surface area (Å²) in [6, 6.07) is -0.369. The first-order chi connectivity index (χ1) is 11.2. The molecule has 0 saturated carbocycles. The van der Waals surface area contributed by atoms with Crippen LogP contribution < -0.4 is 0 Å². The van der Waals surface area contributed by atoms with Crippen LogP contribution in [-0.4, -0.2) is 36.0 Å². The molecule has 1 heterocycles. The molecule has 0 aliphatic carbocycles. The number of likely N-dealkylation sites (tertiary alicyclic amines) is 1. The summed E-state index contributed by atoms with van der Waals surface area (Å²) in [5, 5.41) is 0. The lowest BCUT2D eigenvalue weighted by molar-refractivity contribution is -0.153. The molecule has 0 aromatic carbocycles. The Labute approximate surface area is 140 Å². The quantitative estimate of drug-likeness (QED) is 0.310. The Balaban J connectivity index is 2.27. The summed E-state index contributed by atoms with van der Waals surface area (Å²) in [5.74, 6) is -0.148. The van der Waals surface area contributed by atoms with E-state index in [0.717, 1.165) is 57.8 Å². The predicted octanol–water partition coefficient (Wildman–Crippen LogP) is 4.01. The van der Waals surface area contributed by atoms with E-state index in [0.29, 0.717) is 19.6 Å². The van der Waals surface area contributed by atoms with Gasteiger partial charge in [0.2, 0.25) is 5.91 Å². The summed E-state index contributed by atoms with van der Waals surface area (Å²) < 4.78 is 5.29. The second-order valence-electron chi connectivity index (χ2n) is 6.09. The summed E-state index contributed by atoms with van der Waals surface area (Å²) in [6.07, 6.45) is 12.8. The summed E-state index contributed by atoms with van der Waals surface area (Å²) in [4.78, 5) is 26.2. The van der Waals surface area contributed by atoms with E-state index in [1.807, 2.05) is 12.2 Å². The number of nitrogens with zero attached hydrogens (tertiary/aromatic N) is 1.